The molecule has 1 aliphatic rings. The first-order valence-electron chi connectivity index (χ1n) is 7.07. The van der Waals surface area contributed by atoms with Gasteiger partial charge in [-0.3, -0.25) is 9.59 Å². The summed E-state index contributed by atoms with van der Waals surface area (Å²) in [5, 5.41) is 2.79. The van der Waals surface area contributed by atoms with E-state index >= 15 is 0 Å². The number of ether oxygens (including phenoxy) is 1. The molecule has 1 fully saturated rings. The average molecular weight is 329 g/mol. The Morgan fingerprint density at radius 1 is 1.45 bits per heavy atom. The Morgan fingerprint density at radius 2 is 2.18 bits per heavy atom. The number of amides is 2. The van der Waals surface area contributed by atoms with Gasteiger partial charge in [0.05, 0.1) is 24.6 Å². The number of likely N-dealkylation sites (N-methyl/N-ethyl adjacent to an activating group) is 1. The molecule has 0 unspecified atom stereocenters. The van der Waals surface area contributed by atoms with E-state index in [4.69, 9.17) is 16.3 Å². The summed E-state index contributed by atoms with van der Waals surface area (Å²) in [6, 6.07) is 4.28. The van der Waals surface area contributed by atoms with Gasteiger partial charge < -0.3 is 15.0 Å². The van der Waals surface area contributed by atoms with Crippen molar-refractivity contribution >= 4 is 23.4 Å². The highest BCUT2D eigenvalue weighted by Crippen LogP contribution is 2.21. The van der Waals surface area contributed by atoms with Crippen molar-refractivity contribution in [3.63, 3.8) is 0 Å². The van der Waals surface area contributed by atoms with Crippen molar-refractivity contribution in [2.45, 2.75) is 25.3 Å². The van der Waals surface area contributed by atoms with Crippen LogP contribution in [0.15, 0.2) is 18.2 Å². The van der Waals surface area contributed by atoms with Crippen LogP contribution >= 0.6 is 11.6 Å². The zero-order valence-electron chi connectivity index (χ0n) is 12.3. The van der Waals surface area contributed by atoms with Crippen LogP contribution in [-0.4, -0.2) is 43.0 Å². The van der Waals surface area contributed by atoms with Crippen molar-refractivity contribution < 1.29 is 18.7 Å². The summed E-state index contributed by atoms with van der Waals surface area (Å²) < 4.78 is 18.3. The van der Waals surface area contributed by atoms with Gasteiger partial charge in [0.25, 0.3) is 0 Å². The number of nitrogens with one attached hydrogen (secondary N) is 1. The maximum Gasteiger partial charge on any atom is 0.239 e. The van der Waals surface area contributed by atoms with Gasteiger partial charge in [-0.2, -0.15) is 0 Å². The molecule has 1 aromatic carbocycles. The van der Waals surface area contributed by atoms with Crippen LogP contribution in [-0.2, 0) is 9.59 Å². The molecule has 22 heavy (non-hydrogen) atoms. The van der Waals surface area contributed by atoms with Crippen molar-refractivity contribution in [3.8, 4) is 5.75 Å². The fourth-order valence-electron chi connectivity index (χ4n) is 1.82. The molecule has 0 heterocycles. The molecule has 1 aromatic rings. The maximum atomic E-state index is 13.0. The summed E-state index contributed by atoms with van der Waals surface area (Å²) in [7, 11) is 1.57. The van der Waals surface area contributed by atoms with E-state index in [0.717, 1.165) is 12.8 Å². The standard InChI is InChI=1S/C15H18ClFN2O3/c1-19(9-14(20)18-10-2-3-10)15(21)6-7-22-11-4-5-13(17)12(16)8-11/h4-5,8,10H,2-3,6-7,9H2,1H3,(H,18,20). The van der Waals surface area contributed by atoms with Gasteiger partial charge in [-0.05, 0) is 25.0 Å². The molecule has 5 nitrogen and oxygen atoms in total. The van der Waals surface area contributed by atoms with Gasteiger partial charge in [0.1, 0.15) is 11.6 Å². The molecule has 120 valence electrons. The molecule has 7 heteroatoms. The predicted molar refractivity (Wildman–Crippen MR) is 80.3 cm³/mol. The average Bonchev–Trinajstić information content (AvgIpc) is 3.26. The number of halogens is 2. The Balaban J connectivity index is 1.69. The Bertz CT molecular complexity index is 564. The molecule has 0 atom stereocenters. The van der Waals surface area contributed by atoms with E-state index in [9.17, 15) is 14.0 Å². The van der Waals surface area contributed by atoms with Crippen LogP contribution in [0, 0.1) is 5.82 Å². The SMILES string of the molecule is CN(CC(=O)NC1CC1)C(=O)CCOc1ccc(F)c(Cl)c1. The molecular weight excluding hydrogens is 311 g/mol. The maximum absolute atomic E-state index is 13.0. The third kappa shape index (κ3) is 5.18. The minimum Gasteiger partial charge on any atom is -0.493 e. The fourth-order valence-corrected chi connectivity index (χ4v) is 1.99. The topological polar surface area (TPSA) is 58.6 Å². The largest absolute Gasteiger partial charge is 0.493 e. The molecule has 2 amide bonds. The molecule has 1 saturated carbocycles. The van der Waals surface area contributed by atoms with Crippen molar-refractivity contribution in [2.24, 2.45) is 0 Å². The number of carbonyl (C=O) groups excluding carboxylic acids is 2. The van der Waals surface area contributed by atoms with E-state index < -0.39 is 5.82 Å². The van der Waals surface area contributed by atoms with Crippen LogP contribution in [0.25, 0.3) is 0 Å². The van der Waals surface area contributed by atoms with Crippen LogP contribution in [0.2, 0.25) is 5.02 Å². The number of carbonyl (C=O) groups is 2. The van der Waals surface area contributed by atoms with Gasteiger partial charge in [0, 0.05) is 19.2 Å². The van der Waals surface area contributed by atoms with E-state index in [-0.39, 0.29) is 42.5 Å². The number of rotatable bonds is 7. The molecule has 0 saturated heterocycles. The summed E-state index contributed by atoms with van der Waals surface area (Å²) >= 11 is 5.63. The van der Waals surface area contributed by atoms with Crippen LogP contribution < -0.4 is 10.1 Å². The smallest absolute Gasteiger partial charge is 0.239 e. The highest BCUT2D eigenvalue weighted by molar-refractivity contribution is 6.30. The second-order valence-corrected chi connectivity index (χ2v) is 5.67. The number of hydrogen-bond donors (Lipinski definition) is 1. The van der Waals surface area contributed by atoms with E-state index in [1.807, 2.05) is 0 Å². The van der Waals surface area contributed by atoms with E-state index in [0.29, 0.717) is 5.75 Å². The van der Waals surface area contributed by atoms with Gasteiger partial charge in [-0.15, -0.1) is 0 Å². The highest BCUT2D eigenvalue weighted by Gasteiger charge is 2.24. The first kappa shape index (κ1) is 16.5. The monoisotopic (exact) mass is 328 g/mol. The summed E-state index contributed by atoms with van der Waals surface area (Å²) in [4.78, 5) is 24.8. The van der Waals surface area contributed by atoms with Crippen molar-refractivity contribution in [3.05, 3.63) is 29.0 Å². The quantitative estimate of drug-likeness (QED) is 0.832. The molecule has 0 radical (unpaired) electrons. The molecule has 2 rings (SSSR count). The zero-order chi connectivity index (χ0) is 16.1. The third-order valence-corrected chi connectivity index (χ3v) is 3.51. The minimum atomic E-state index is -0.522. The molecule has 1 aliphatic carbocycles. The first-order chi connectivity index (χ1) is 10.5. The van der Waals surface area contributed by atoms with Gasteiger partial charge >= 0.3 is 0 Å². The molecule has 0 aliphatic heterocycles. The van der Waals surface area contributed by atoms with Crippen molar-refractivity contribution in [2.75, 3.05) is 20.2 Å². The lowest BCUT2D eigenvalue weighted by Gasteiger charge is -2.17. The molecule has 1 N–H and O–H groups in total. The minimum absolute atomic E-state index is 0.0299. The van der Waals surface area contributed by atoms with Crippen molar-refractivity contribution in [1.82, 2.24) is 10.2 Å². The Kier molecular flexibility index (Phi) is 5.60. The molecule has 0 spiro atoms. The second-order valence-electron chi connectivity index (χ2n) is 5.27. The Labute approximate surface area is 133 Å². The van der Waals surface area contributed by atoms with Gasteiger partial charge in [-0.25, -0.2) is 4.39 Å². The normalized spacial score (nSPS) is 13.6. The molecule has 0 aromatic heterocycles. The lowest BCUT2D eigenvalue weighted by molar-refractivity contribution is -0.135. The van der Waals surface area contributed by atoms with Gasteiger partial charge in [0.15, 0.2) is 0 Å². The summed E-state index contributed by atoms with van der Waals surface area (Å²) in [5.41, 5.74) is 0. The molecule has 0 bridgehead atoms. The summed E-state index contributed by atoms with van der Waals surface area (Å²) in [6.45, 7) is 0.174. The lowest BCUT2D eigenvalue weighted by Crippen LogP contribution is -2.39. The van der Waals surface area contributed by atoms with Crippen LogP contribution in [0.5, 0.6) is 5.75 Å². The highest BCUT2D eigenvalue weighted by atomic mass is 35.5. The second kappa shape index (κ2) is 7.45. The zero-order valence-corrected chi connectivity index (χ0v) is 13.0. The Hall–Kier alpha value is -1.82. The summed E-state index contributed by atoms with van der Waals surface area (Å²) in [5.74, 6) is -0.469. The molecular formula is C15H18ClFN2O3. The van der Waals surface area contributed by atoms with E-state index in [2.05, 4.69) is 5.32 Å². The summed E-state index contributed by atoms with van der Waals surface area (Å²) in [6.07, 6.45) is 2.15. The third-order valence-electron chi connectivity index (χ3n) is 3.22. The van der Waals surface area contributed by atoms with Gasteiger partial charge in [0.2, 0.25) is 11.8 Å². The van der Waals surface area contributed by atoms with Crippen LogP contribution in [0.1, 0.15) is 19.3 Å². The number of benzene rings is 1. The first-order valence-corrected chi connectivity index (χ1v) is 7.44. The van der Waals surface area contributed by atoms with Gasteiger partial charge in [-0.1, -0.05) is 11.6 Å². The fraction of sp³-hybridized carbons (Fsp3) is 0.467. The van der Waals surface area contributed by atoms with E-state index in [1.54, 1.807) is 7.05 Å². The number of nitrogens with zero attached hydrogens (tertiary/aromatic N) is 1. The van der Waals surface area contributed by atoms with E-state index in [1.165, 1.54) is 23.1 Å². The predicted octanol–water partition coefficient (Wildman–Crippen LogP) is 1.98. The lowest BCUT2D eigenvalue weighted by atomic mass is 10.3. The van der Waals surface area contributed by atoms with Crippen LogP contribution in [0.3, 0.4) is 0 Å². The van der Waals surface area contributed by atoms with Crippen molar-refractivity contribution in [1.29, 1.82) is 0 Å². The van der Waals surface area contributed by atoms with Crippen LogP contribution in [0.4, 0.5) is 4.39 Å². The Morgan fingerprint density at radius 3 is 2.82 bits per heavy atom. The number of hydrogen-bond acceptors (Lipinski definition) is 3.